The van der Waals surface area contributed by atoms with Crippen molar-refractivity contribution in [3.63, 3.8) is 0 Å². The van der Waals surface area contributed by atoms with Gasteiger partial charge in [-0.2, -0.15) is 0 Å². The summed E-state index contributed by atoms with van der Waals surface area (Å²) in [4.78, 5) is 31.3. The Kier molecular flexibility index (Phi) is 4.17. The number of carbonyl (C=O) groups excluding carboxylic acids is 2. The van der Waals surface area contributed by atoms with Gasteiger partial charge in [0.15, 0.2) is 0 Å². The molecule has 1 aromatic carbocycles. The summed E-state index contributed by atoms with van der Waals surface area (Å²) in [6, 6.07) is 9.15. The highest BCUT2D eigenvalue weighted by molar-refractivity contribution is 7.15. The van der Waals surface area contributed by atoms with Gasteiger partial charge in [-0.25, -0.2) is 4.98 Å². The summed E-state index contributed by atoms with van der Waals surface area (Å²) < 4.78 is 0. The zero-order chi connectivity index (χ0) is 16.6. The number of primary amides is 1. The van der Waals surface area contributed by atoms with Crippen molar-refractivity contribution in [2.24, 2.45) is 11.7 Å². The van der Waals surface area contributed by atoms with Crippen LogP contribution in [-0.4, -0.2) is 34.8 Å². The molecular formula is C17H19N3O2S. The summed E-state index contributed by atoms with van der Waals surface area (Å²) in [5.74, 6) is -0.512. The molecule has 0 saturated heterocycles. The first kappa shape index (κ1) is 15.7. The van der Waals surface area contributed by atoms with E-state index in [0.717, 1.165) is 28.3 Å². The Morgan fingerprint density at radius 3 is 2.52 bits per heavy atom. The van der Waals surface area contributed by atoms with E-state index >= 15 is 0 Å². The lowest BCUT2D eigenvalue weighted by molar-refractivity contribution is -0.122. The minimum atomic E-state index is -0.548. The second kappa shape index (κ2) is 6.12. The molecular weight excluding hydrogens is 310 g/mol. The van der Waals surface area contributed by atoms with Gasteiger partial charge in [0, 0.05) is 7.05 Å². The lowest BCUT2D eigenvalue weighted by atomic mass is 10.1. The molecule has 2 N–H and O–H groups in total. The van der Waals surface area contributed by atoms with Gasteiger partial charge in [0.2, 0.25) is 5.91 Å². The largest absolute Gasteiger partial charge is 0.368 e. The van der Waals surface area contributed by atoms with Crippen molar-refractivity contribution in [1.29, 1.82) is 0 Å². The first-order valence-corrected chi connectivity index (χ1v) is 8.40. The molecule has 0 bridgehead atoms. The van der Waals surface area contributed by atoms with Crippen LogP contribution in [0.4, 0.5) is 0 Å². The lowest BCUT2D eigenvalue weighted by Gasteiger charge is -2.25. The predicted molar refractivity (Wildman–Crippen MR) is 90.1 cm³/mol. The molecule has 3 rings (SSSR count). The average Bonchev–Trinajstić information content (AvgIpc) is 3.28. The molecule has 0 radical (unpaired) electrons. The second-order valence-electron chi connectivity index (χ2n) is 5.88. The first-order valence-electron chi connectivity index (χ1n) is 7.58. The third-order valence-corrected chi connectivity index (χ3v) is 5.09. The molecule has 120 valence electrons. The van der Waals surface area contributed by atoms with E-state index in [1.54, 1.807) is 7.05 Å². The maximum atomic E-state index is 12.9. The molecule has 1 atom stereocenters. The number of aromatic nitrogens is 1. The molecule has 0 spiro atoms. The molecule has 2 amide bonds. The molecule has 2 aromatic rings. The molecule has 1 fully saturated rings. The van der Waals surface area contributed by atoms with Crippen LogP contribution in [0, 0.1) is 12.8 Å². The number of aryl methyl sites for hydroxylation is 1. The Morgan fingerprint density at radius 1 is 1.30 bits per heavy atom. The molecule has 6 heteroatoms. The second-order valence-corrected chi connectivity index (χ2v) is 7.08. The number of amides is 2. The fraction of sp³-hybridized carbons (Fsp3) is 0.353. The third kappa shape index (κ3) is 3.12. The smallest absolute Gasteiger partial charge is 0.274 e. The Balaban J connectivity index is 1.95. The molecule has 0 unspecified atom stereocenters. The molecule has 1 aliphatic carbocycles. The minimum absolute atomic E-state index is 0.182. The quantitative estimate of drug-likeness (QED) is 0.915. The standard InChI is InChI=1S/C17H19N3O2S/c1-10-19-13(15(23-10)12-6-4-3-5-7-12)17(22)20(2)14(16(18)21)11-8-9-11/h3-7,11,14H,8-9H2,1-2H3,(H2,18,21)/t14-/m0/s1. The summed E-state index contributed by atoms with van der Waals surface area (Å²) in [5.41, 5.74) is 6.85. The van der Waals surface area contributed by atoms with Gasteiger partial charge in [-0.1, -0.05) is 30.3 Å². The van der Waals surface area contributed by atoms with E-state index in [4.69, 9.17) is 5.73 Å². The van der Waals surface area contributed by atoms with Gasteiger partial charge in [0.25, 0.3) is 5.91 Å². The van der Waals surface area contributed by atoms with Crippen molar-refractivity contribution in [2.75, 3.05) is 7.05 Å². The number of nitrogens with two attached hydrogens (primary N) is 1. The number of nitrogens with zero attached hydrogens (tertiary/aromatic N) is 2. The highest BCUT2D eigenvalue weighted by atomic mass is 32.1. The fourth-order valence-corrected chi connectivity index (χ4v) is 3.72. The maximum Gasteiger partial charge on any atom is 0.274 e. The van der Waals surface area contributed by atoms with E-state index in [2.05, 4.69) is 4.98 Å². The fourth-order valence-electron chi connectivity index (χ4n) is 2.80. The van der Waals surface area contributed by atoms with Gasteiger partial charge in [-0.3, -0.25) is 9.59 Å². The van der Waals surface area contributed by atoms with Crippen molar-refractivity contribution >= 4 is 23.2 Å². The molecule has 0 aliphatic heterocycles. The number of rotatable bonds is 5. The van der Waals surface area contributed by atoms with Gasteiger partial charge in [-0.15, -0.1) is 11.3 Å². The SMILES string of the molecule is Cc1nc(C(=O)N(C)[C@H](C(N)=O)C2CC2)c(-c2ccccc2)s1. The number of benzene rings is 1. The van der Waals surface area contributed by atoms with Crippen molar-refractivity contribution in [1.82, 2.24) is 9.88 Å². The number of carbonyl (C=O) groups is 2. The molecule has 5 nitrogen and oxygen atoms in total. The van der Waals surface area contributed by atoms with Crippen LogP contribution in [-0.2, 0) is 4.79 Å². The van der Waals surface area contributed by atoms with E-state index in [0.29, 0.717) is 5.69 Å². The van der Waals surface area contributed by atoms with Crippen molar-refractivity contribution in [3.8, 4) is 10.4 Å². The zero-order valence-electron chi connectivity index (χ0n) is 13.2. The highest BCUT2D eigenvalue weighted by Gasteiger charge is 2.40. The van der Waals surface area contributed by atoms with Crippen LogP contribution in [0.2, 0.25) is 0 Å². The third-order valence-electron chi connectivity index (χ3n) is 4.07. The van der Waals surface area contributed by atoms with Crippen LogP contribution < -0.4 is 5.73 Å². The summed E-state index contributed by atoms with van der Waals surface area (Å²) >= 11 is 1.48. The van der Waals surface area contributed by atoms with E-state index in [-0.39, 0.29) is 11.8 Å². The summed E-state index contributed by atoms with van der Waals surface area (Å²) in [6.45, 7) is 1.88. The minimum Gasteiger partial charge on any atom is -0.368 e. The highest BCUT2D eigenvalue weighted by Crippen LogP contribution is 2.36. The number of thiazole rings is 1. The zero-order valence-corrected chi connectivity index (χ0v) is 14.0. The van der Waals surface area contributed by atoms with Crippen LogP contribution >= 0.6 is 11.3 Å². The van der Waals surface area contributed by atoms with E-state index in [1.807, 2.05) is 37.3 Å². The topological polar surface area (TPSA) is 76.3 Å². The summed E-state index contributed by atoms with van der Waals surface area (Å²) in [7, 11) is 1.64. The molecule has 23 heavy (non-hydrogen) atoms. The summed E-state index contributed by atoms with van der Waals surface area (Å²) in [5, 5.41) is 0.822. The lowest BCUT2D eigenvalue weighted by Crippen LogP contribution is -2.47. The Labute approximate surface area is 139 Å². The van der Waals surface area contributed by atoms with E-state index < -0.39 is 11.9 Å². The maximum absolute atomic E-state index is 12.9. The van der Waals surface area contributed by atoms with Gasteiger partial charge >= 0.3 is 0 Å². The molecule has 1 aliphatic rings. The number of hydrogen-bond donors (Lipinski definition) is 1. The predicted octanol–water partition coefficient (Wildman–Crippen LogP) is 2.45. The Hall–Kier alpha value is -2.21. The van der Waals surface area contributed by atoms with Crippen molar-refractivity contribution in [2.45, 2.75) is 25.8 Å². The van der Waals surface area contributed by atoms with Gasteiger partial charge in [0.05, 0.1) is 9.88 Å². The summed E-state index contributed by atoms with van der Waals surface area (Å²) in [6.07, 6.45) is 1.87. The molecule has 1 saturated carbocycles. The average molecular weight is 329 g/mol. The monoisotopic (exact) mass is 329 g/mol. The van der Waals surface area contributed by atoms with E-state index in [9.17, 15) is 9.59 Å². The normalized spacial score (nSPS) is 15.2. The van der Waals surface area contributed by atoms with Crippen LogP contribution in [0.5, 0.6) is 0 Å². The van der Waals surface area contributed by atoms with Crippen LogP contribution in [0.1, 0.15) is 28.3 Å². The van der Waals surface area contributed by atoms with Crippen LogP contribution in [0.3, 0.4) is 0 Å². The Morgan fingerprint density at radius 2 is 1.96 bits per heavy atom. The van der Waals surface area contributed by atoms with Crippen molar-refractivity contribution in [3.05, 3.63) is 41.0 Å². The molecule has 1 aromatic heterocycles. The van der Waals surface area contributed by atoms with E-state index in [1.165, 1.54) is 16.2 Å². The Bertz CT molecular complexity index is 738. The number of likely N-dealkylation sites (N-methyl/N-ethyl adjacent to an activating group) is 1. The number of hydrogen-bond acceptors (Lipinski definition) is 4. The van der Waals surface area contributed by atoms with Crippen LogP contribution in [0.15, 0.2) is 30.3 Å². The molecule has 1 heterocycles. The van der Waals surface area contributed by atoms with Crippen molar-refractivity contribution < 1.29 is 9.59 Å². The van der Waals surface area contributed by atoms with Crippen LogP contribution in [0.25, 0.3) is 10.4 Å². The van der Waals surface area contributed by atoms with Gasteiger partial charge in [0.1, 0.15) is 11.7 Å². The van der Waals surface area contributed by atoms with Gasteiger partial charge in [-0.05, 0) is 31.2 Å². The first-order chi connectivity index (χ1) is 11.0. The van der Waals surface area contributed by atoms with Gasteiger partial charge < -0.3 is 10.6 Å².